The summed E-state index contributed by atoms with van der Waals surface area (Å²) in [5.41, 5.74) is 0. The molecule has 0 fully saturated rings. The highest BCUT2D eigenvalue weighted by molar-refractivity contribution is 8.25. The number of rotatable bonds is 30. The quantitative estimate of drug-likeness (QED) is 0.0628. The summed E-state index contributed by atoms with van der Waals surface area (Å²) in [6, 6.07) is 0. The van der Waals surface area contributed by atoms with Gasteiger partial charge in [0.05, 0.1) is 35.6 Å². The lowest BCUT2D eigenvalue weighted by molar-refractivity contribution is -0.139. The molecule has 18 heteroatoms. The van der Waals surface area contributed by atoms with Gasteiger partial charge in [-0.1, -0.05) is 11.8 Å². The summed E-state index contributed by atoms with van der Waals surface area (Å²) < 4.78 is 22.3. The molecule has 40 heavy (non-hydrogen) atoms. The normalized spacial score (nSPS) is 11.8. The molecule has 0 rings (SSSR count). The minimum Gasteiger partial charge on any atom is -0.454 e. The van der Waals surface area contributed by atoms with Crippen molar-refractivity contribution in [1.82, 2.24) is 0 Å². The molecule has 0 aliphatic carbocycles. The smallest absolute Gasteiger partial charge is 0.316 e. The number of carbonyl (C=O) groups excluding carboxylic acids is 3. The summed E-state index contributed by atoms with van der Waals surface area (Å²) in [6.07, 6.45) is 0. The summed E-state index contributed by atoms with van der Waals surface area (Å²) in [6.45, 7) is 0.123. The highest BCUT2D eigenvalue weighted by Gasteiger charge is 2.06. The van der Waals surface area contributed by atoms with E-state index in [1.54, 1.807) is 70.6 Å². The van der Waals surface area contributed by atoms with Crippen LogP contribution < -0.4 is 0 Å². The summed E-state index contributed by atoms with van der Waals surface area (Å²) >= 11 is 13.9. The maximum Gasteiger partial charge on any atom is 0.316 e. The summed E-state index contributed by atoms with van der Waals surface area (Å²) in [7, 11) is -0.840. The van der Waals surface area contributed by atoms with Gasteiger partial charge >= 0.3 is 11.9 Å². The van der Waals surface area contributed by atoms with Crippen LogP contribution in [0, 0.1) is 0 Å². The van der Waals surface area contributed by atoms with Gasteiger partial charge in [-0.3, -0.25) is 18.6 Å². The van der Waals surface area contributed by atoms with Gasteiger partial charge in [0, 0.05) is 73.4 Å². The topological polar surface area (TPSA) is 127 Å². The first-order chi connectivity index (χ1) is 19.5. The first-order valence-electron chi connectivity index (χ1n) is 12.1. The second-order valence-corrected chi connectivity index (χ2v) is 19.2. The zero-order chi connectivity index (χ0) is 29.5. The molecule has 0 bridgehead atoms. The fourth-order valence-electron chi connectivity index (χ4n) is 2.04. The zero-order valence-electron chi connectivity index (χ0n) is 22.4. The van der Waals surface area contributed by atoms with E-state index in [1.165, 1.54) is 35.3 Å². The number of thioether (sulfide) groups is 9. The first-order valence-corrected chi connectivity index (χ1v) is 23.9. The van der Waals surface area contributed by atoms with Gasteiger partial charge < -0.3 is 19.7 Å². The molecule has 0 amide bonds. The number of esters is 2. The Kier molecular flexibility index (Phi) is 35.3. The van der Waals surface area contributed by atoms with Crippen LogP contribution in [0.1, 0.15) is 0 Å². The molecule has 0 saturated carbocycles. The molecule has 236 valence electrons. The Morgan fingerprint density at radius 3 is 1.68 bits per heavy atom. The van der Waals surface area contributed by atoms with Gasteiger partial charge in [-0.15, -0.1) is 70.6 Å². The number of carbonyl (C=O) groups is 3. The van der Waals surface area contributed by atoms with Crippen LogP contribution in [0.4, 0.5) is 0 Å². The van der Waals surface area contributed by atoms with Crippen molar-refractivity contribution in [2.45, 2.75) is 0 Å². The Hall–Kier alpha value is 1.83. The predicted octanol–water partition coefficient (Wildman–Crippen LogP) is 3.76. The SMILES string of the molecule is O=C(CSCCO)OCSCCSCSC(=O)CSCCSCCS(=O)CSCCSCOC(=O)CSCCO. The van der Waals surface area contributed by atoms with Crippen LogP contribution in [-0.4, -0.2) is 142 Å². The average Bonchev–Trinajstić information content (AvgIpc) is 2.93. The average molecular weight is 753 g/mol. The Morgan fingerprint density at radius 2 is 1.07 bits per heavy atom. The Morgan fingerprint density at radius 1 is 0.575 bits per heavy atom. The zero-order valence-corrected chi connectivity index (χ0v) is 30.5. The number of ether oxygens (including phenoxy) is 2. The van der Waals surface area contributed by atoms with Crippen molar-refractivity contribution < 1.29 is 38.3 Å². The lowest BCUT2D eigenvalue weighted by Crippen LogP contribution is -2.08. The van der Waals surface area contributed by atoms with E-state index in [0.717, 1.165) is 45.4 Å². The minimum absolute atomic E-state index is 0.0606. The maximum absolute atomic E-state index is 12.1. The molecule has 0 aliphatic heterocycles. The van der Waals surface area contributed by atoms with Crippen molar-refractivity contribution in [2.24, 2.45) is 0 Å². The van der Waals surface area contributed by atoms with E-state index < -0.39 is 10.8 Å². The van der Waals surface area contributed by atoms with E-state index in [0.29, 0.717) is 40.0 Å². The lowest BCUT2D eigenvalue weighted by Gasteiger charge is -2.05. The highest BCUT2D eigenvalue weighted by atomic mass is 32.2. The van der Waals surface area contributed by atoms with Crippen LogP contribution in [0.25, 0.3) is 0 Å². The van der Waals surface area contributed by atoms with E-state index >= 15 is 0 Å². The Balaban J connectivity index is 3.36. The second kappa shape index (κ2) is 33.7. The molecule has 1 atom stereocenters. The monoisotopic (exact) mass is 752 g/mol. The molecular formula is C22H40O8S10. The van der Waals surface area contributed by atoms with Crippen molar-refractivity contribution in [3.8, 4) is 0 Å². The van der Waals surface area contributed by atoms with Crippen molar-refractivity contribution in [3.63, 3.8) is 0 Å². The molecule has 0 spiro atoms. The molecule has 0 heterocycles. The van der Waals surface area contributed by atoms with E-state index in [1.807, 2.05) is 0 Å². The summed E-state index contributed by atoms with van der Waals surface area (Å²) in [5, 5.41) is 18.9. The summed E-state index contributed by atoms with van der Waals surface area (Å²) in [4.78, 5) is 34.8. The molecule has 0 aromatic rings. The Labute approximate surface area is 279 Å². The van der Waals surface area contributed by atoms with Crippen LogP contribution in [0.3, 0.4) is 0 Å². The third-order valence-corrected chi connectivity index (χ3v) is 15.3. The molecule has 0 radical (unpaired) electrons. The van der Waals surface area contributed by atoms with Crippen LogP contribution in [-0.2, 0) is 34.7 Å². The van der Waals surface area contributed by atoms with E-state index in [2.05, 4.69) is 0 Å². The molecule has 0 aromatic heterocycles. The molecular weight excluding hydrogens is 713 g/mol. The van der Waals surface area contributed by atoms with Crippen molar-refractivity contribution in [3.05, 3.63) is 0 Å². The fraction of sp³-hybridized carbons (Fsp3) is 0.864. The molecule has 0 aliphatic rings. The van der Waals surface area contributed by atoms with Crippen LogP contribution in [0.5, 0.6) is 0 Å². The van der Waals surface area contributed by atoms with E-state index in [-0.39, 0.29) is 41.8 Å². The summed E-state index contributed by atoms with van der Waals surface area (Å²) in [5.74, 6) is 9.09. The molecule has 2 N–H and O–H groups in total. The number of aliphatic hydroxyl groups excluding tert-OH is 2. The van der Waals surface area contributed by atoms with Gasteiger partial charge in [-0.2, -0.15) is 23.5 Å². The van der Waals surface area contributed by atoms with Crippen molar-refractivity contribution in [2.75, 3.05) is 110 Å². The highest BCUT2D eigenvalue weighted by Crippen LogP contribution is 2.18. The second-order valence-electron chi connectivity index (χ2n) is 7.01. The minimum atomic E-state index is -0.840. The number of hydrogen-bond donors (Lipinski definition) is 2. The third-order valence-electron chi connectivity index (χ3n) is 3.83. The van der Waals surface area contributed by atoms with Gasteiger partial charge in [0.2, 0.25) is 0 Å². The van der Waals surface area contributed by atoms with Crippen molar-refractivity contribution in [1.29, 1.82) is 0 Å². The lowest BCUT2D eigenvalue weighted by atomic mass is 10.8. The van der Waals surface area contributed by atoms with Crippen LogP contribution >= 0.6 is 106 Å². The van der Waals surface area contributed by atoms with Gasteiger partial charge in [0.25, 0.3) is 0 Å². The van der Waals surface area contributed by atoms with Gasteiger partial charge in [-0.05, 0) is 0 Å². The largest absolute Gasteiger partial charge is 0.454 e. The maximum atomic E-state index is 12.1. The first kappa shape index (κ1) is 41.8. The Bertz CT molecular complexity index is 663. The standard InChI is InChI=1S/C22H40O8S10/c23-1-3-32-13-20(25)29-16-35-7-9-37-18-39-22(27)15-34-6-5-31-11-12-40(28)19-38-10-8-36-17-30-21(26)14-33-4-2-24/h23-24H,1-19H2. The van der Waals surface area contributed by atoms with Gasteiger partial charge in [0.1, 0.15) is 11.9 Å². The van der Waals surface area contributed by atoms with E-state index in [9.17, 15) is 18.6 Å². The van der Waals surface area contributed by atoms with E-state index in [4.69, 9.17) is 19.7 Å². The molecule has 1 unspecified atom stereocenters. The van der Waals surface area contributed by atoms with Crippen molar-refractivity contribution >= 4 is 134 Å². The number of aliphatic hydroxyl groups is 2. The third kappa shape index (κ3) is 32.7. The van der Waals surface area contributed by atoms with Gasteiger partial charge in [0.15, 0.2) is 5.12 Å². The fourth-order valence-corrected chi connectivity index (χ4v) is 11.9. The molecule has 0 saturated heterocycles. The van der Waals surface area contributed by atoms with Gasteiger partial charge in [-0.25, -0.2) is 0 Å². The predicted molar refractivity (Wildman–Crippen MR) is 191 cm³/mol. The molecule has 8 nitrogen and oxygen atoms in total. The molecule has 0 aromatic carbocycles. The van der Waals surface area contributed by atoms with Crippen LogP contribution in [0.15, 0.2) is 0 Å². The number of hydrogen-bond acceptors (Lipinski definition) is 17. The van der Waals surface area contributed by atoms with Crippen LogP contribution in [0.2, 0.25) is 0 Å².